The topological polar surface area (TPSA) is 51.2 Å². The van der Waals surface area contributed by atoms with Crippen molar-refractivity contribution in [1.29, 1.82) is 0 Å². The number of aryl methyl sites for hydroxylation is 2. The summed E-state index contributed by atoms with van der Waals surface area (Å²) >= 11 is 0. The van der Waals surface area contributed by atoms with E-state index in [-0.39, 0.29) is 0 Å². The zero-order chi connectivity index (χ0) is 10.1. The number of hydrogen-bond acceptors (Lipinski definition) is 3. The van der Waals surface area contributed by atoms with Gasteiger partial charge in [-0.1, -0.05) is 0 Å². The highest BCUT2D eigenvalue weighted by Gasteiger charge is 2.17. The predicted octanol–water partition coefficient (Wildman–Crippen LogP) is 1.40. The van der Waals surface area contributed by atoms with E-state index in [1.807, 2.05) is 6.92 Å². The second kappa shape index (κ2) is 3.31. The Morgan fingerprint density at radius 2 is 2.29 bits per heavy atom. The van der Waals surface area contributed by atoms with E-state index in [0.29, 0.717) is 0 Å². The van der Waals surface area contributed by atoms with Gasteiger partial charge < -0.3 is 9.52 Å². The second-order valence-electron chi connectivity index (χ2n) is 3.29. The average Bonchev–Trinajstić information content (AvgIpc) is 2.73. The number of nitrogens with zero attached hydrogens (tertiary/aromatic N) is 2. The lowest BCUT2D eigenvalue weighted by Crippen LogP contribution is -2.06. The number of rotatable bonds is 2. The molecule has 0 aliphatic heterocycles. The summed E-state index contributed by atoms with van der Waals surface area (Å²) in [5, 5.41) is 14.0. The molecule has 0 spiro atoms. The van der Waals surface area contributed by atoms with Crippen LogP contribution in [0.5, 0.6) is 0 Å². The van der Waals surface area contributed by atoms with Crippen LogP contribution in [-0.4, -0.2) is 14.9 Å². The average molecular weight is 192 g/mol. The maximum Gasteiger partial charge on any atom is 0.124 e. The first-order chi connectivity index (χ1) is 6.70. The van der Waals surface area contributed by atoms with E-state index in [0.717, 1.165) is 16.8 Å². The molecule has 0 aromatic carbocycles. The number of furan rings is 1. The Labute approximate surface area is 81.8 Å². The highest BCUT2D eigenvalue weighted by molar-refractivity contribution is 5.28. The number of aliphatic hydroxyl groups is 1. The van der Waals surface area contributed by atoms with Crippen molar-refractivity contribution in [3.8, 4) is 0 Å². The van der Waals surface area contributed by atoms with Crippen LogP contribution in [0.4, 0.5) is 0 Å². The van der Waals surface area contributed by atoms with E-state index in [9.17, 15) is 5.11 Å². The molecule has 4 heteroatoms. The van der Waals surface area contributed by atoms with Gasteiger partial charge >= 0.3 is 0 Å². The third kappa shape index (κ3) is 1.33. The standard InChI is InChI=1S/C10H12N2O2/c1-7-5-14-6-8(7)10(13)9-3-4-11-12(9)2/h3-6,10,13H,1-2H3. The molecule has 14 heavy (non-hydrogen) atoms. The summed E-state index contributed by atoms with van der Waals surface area (Å²) in [7, 11) is 1.80. The van der Waals surface area contributed by atoms with Gasteiger partial charge in [-0.3, -0.25) is 4.68 Å². The maximum atomic E-state index is 10.0. The zero-order valence-electron chi connectivity index (χ0n) is 8.14. The first-order valence-corrected chi connectivity index (χ1v) is 4.39. The van der Waals surface area contributed by atoms with Crippen molar-refractivity contribution in [1.82, 2.24) is 9.78 Å². The van der Waals surface area contributed by atoms with E-state index in [2.05, 4.69) is 5.10 Å². The monoisotopic (exact) mass is 192 g/mol. The lowest BCUT2D eigenvalue weighted by molar-refractivity contribution is 0.208. The molecule has 1 unspecified atom stereocenters. The molecule has 74 valence electrons. The van der Waals surface area contributed by atoms with Crippen LogP contribution in [0.15, 0.2) is 29.2 Å². The van der Waals surface area contributed by atoms with Gasteiger partial charge in [0.05, 0.1) is 18.2 Å². The predicted molar refractivity (Wildman–Crippen MR) is 50.7 cm³/mol. The Bertz CT molecular complexity index is 391. The minimum atomic E-state index is -0.666. The summed E-state index contributed by atoms with van der Waals surface area (Å²) in [6.07, 6.45) is 4.18. The Balaban J connectivity index is 2.38. The van der Waals surface area contributed by atoms with Crippen molar-refractivity contribution in [2.45, 2.75) is 13.0 Å². The van der Waals surface area contributed by atoms with Gasteiger partial charge in [-0.05, 0) is 18.6 Å². The molecule has 0 amide bonds. The lowest BCUT2D eigenvalue weighted by atomic mass is 10.1. The van der Waals surface area contributed by atoms with E-state index >= 15 is 0 Å². The molecule has 2 rings (SSSR count). The molecule has 0 bridgehead atoms. The van der Waals surface area contributed by atoms with Gasteiger partial charge in [0.1, 0.15) is 6.10 Å². The first-order valence-electron chi connectivity index (χ1n) is 4.39. The van der Waals surface area contributed by atoms with E-state index < -0.39 is 6.10 Å². The molecular formula is C10H12N2O2. The summed E-state index contributed by atoms with van der Waals surface area (Å²) in [4.78, 5) is 0. The smallest absolute Gasteiger partial charge is 0.124 e. The molecule has 1 N–H and O–H groups in total. The fourth-order valence-electron chi connectivity index (χ4n) is 1.46. The van der Waals surface area contributed by atoms with Gasteiger partial charge in [0, 0.05) is 18.8 Å². The highest BCUT2D eigenvalue weighted by atomic mass is 16.3. The van der Waals surface area contributed by atoms with Crippen LogP contribution in [-0.2, 0) is 7.05 Å². The second-order valence-corrected chi connectivity index (χ2v) is 3.29. The molecule has 2 heterocycles. The van der Waals surface area contributed by atoms with Crippen LogP contribution in [0.25, 0.3) is 0 Å². The lowest BCUT2D eigenvalue weighted by Gasteiger charge is -2.09. The maximum absolute atomic E-state index is 10.0. The van der Waals surface area contributed by atoms with Gasteiger partial charge in [0.25, 0.3) is 0 Å². The summed E-state index contributed by atoms with van der Waals surface area (Å²) in [5.41, 5.74) is 2.49. The highest BCUT2D eigenvalue weighted by Crippen LogP contribution is 2.24. The molecular weight excluding hydrogens is 180 g/mol. The van der Waals surface area contributed by atoms with Crippen LogP contribution in [0.2, 0.25) is 0 Å². The van der Waals surface area contributed by atoms with Crippen molar-refractivity contribution in [3.63, 3.8) is 0 Å². The Morgan fingerprint density at radius 3 is 2.79 bits per heavy atom. The zero-order valence-corrected chi connectivity index (χ0v) is 8.14. The molecule has 0 aliphatic carbocycles. The van der Waals surface area contributed by atoms with Gasteiger partial charge in [-0.15, -0.1) is 0 Å². The van der Waals surface area contributed by atoms with E-state index in [4.69, 9.17) is 4.42 Å². The molecule has 2 aromatic heterocycles. The Morgan fingerprint density at radius 1 is 1.50 bits per heavy atom. The first kappa shape index (κ1) is 9.02. The largest absolute Gasteiger partial charge is 0.472 e. The summed E-state index contributed by atoms with van der Waals surface area (Å²) < 4.78 is 6.66. The van der Waals surface area contributed by atoms with Crippen molar-refractivity contribution >= 4 is 0 Å². The number of aliphatic hydroxyl groups excluding tert-OH is 1. The van der Waals surface area contributed by atoms with Crippen LogP contribution >= 0.6 is 0 Å². The molecule has 2 aromatic rings. The Kier molecular flexibility index (Phi) is 2.13. The quantitative estimate of drug-likeness (QED) is 0.782. The number of aromatic nitrogens is 2. The fourth-order valence-corrected chi connectivity index (χ4v) is 1.46. The van der Waals surface area contributed by atoms with Gasteiger partial charge in [0.2, 0.25) is 0 Å². The summed E-state index contributed by atoms with van der Waals surface area (Å²) in [6, 6.07) is 1.79. The van der Waals surface area contributed by atoms with Crippen LogP contribution in [0, 0.1) is 6.92 Å². The SMILES string of the molecule is Cc1cocc1C(O)c1ccnn1C. The molecule has 0 saturated carbocycles. The van der Waals surface area contributed by atoms with E-state index in [1.54, 1.807) is 36.5 Å². The van der Waals surface area contributed by atoms with Gasteiger partial charge in [-0.2, -0.15) is 5.10 Å². The van der Waals surface area contributed by atoms with Crippen molar-refractivity contribution in [3.05, 3.63) is 41.6 Å². The van der Waals surface area contributed by atoms with Crippen molar-refractivity contribution < 1.29 is 9.52 Å². The minimum Gasteiger partial charge on any atom is -0.472 e. The summed E-state index contributed by atoms with van der Waals surface area (Å²) in [6.45, 7) is 1.90. The van der Waals surface area contributed by atoms with E-state index in [1.165, 1.54) is 0 Å². The molecule has 0 aliphatic rings. The number of hydrogen-bond donors (Lipinski definition) is 1. The molecule has 1 atom stereocenters. The fraction of sp³-hybridized carbons (Fsp3) is 0.300. The third-order valence-electron chi connectivity index (χ3n) is 2.33. The molecule has 4 nitrogen and oxygen atoms in total. The van der Waals surface area contributed by atoms with Gasteiger partial charge in [0.15, 0.2) is 0 Å². The van der Waals surface area contributed by atoms with Crippen molar-refractivity contribution in [2.75, 3.05) is 0 Å². The normalized spacial score (nSPS) is 13.1. The minimum absolute atomic E-state index is 0.666. The van der Waals surface area contributed by atoms with Crippen LogP contribution in [0.3, 0.4) is 0 Å². The molecule has 0 saturated heterocycles. The summed E-state index contributed by atoms with van der Waals surface area (Å²) in [5.74, 6) is 0. The Hall–Kier alpha value is -1.55. The van der Waals surface area contributed by atoms with Crippen molar-refractivity contribution in [2.24, 2.45) is 7.05 Å². The third-order valence-corrected chi connectivity index (χ3v) is 2.33. The molecule has 0 radical (unpaired) electrons. The molecule has 0 fully saturated rings. The van der Waals surface area contributed by atoms with Crippen LogP contribution in [0.1, 0.15) is 22.9 Å². The van der Waals surface area contributed by atoms with Crippen LogP contribution < -0.4 is 0 Å². The van der Waals surface area contributed by atoms with Gasteiger partial charge in [-0.25, -0.2) is 0 Å².